The molecule has 1 aliphatic heterocycles. The van der Waals surface area contributed by atoms with E-state index >= 15 is 0 Å². The first-order chi connectivity index (χ1) is 12.4. The molecule has 1 atom stereocenters. The van der Waals surface area contributed by atoms with E-state index in [0.717, 1.165) is 32.5 Å². The summed E-state index contributed by atoms with van der Waals surface area (Å²) in [5, 5.41) is 3.34. The van der Waals surface area contributed by atoms with Crippen LogP contribution < -0.4 is 15.8 Å². The summed E-state index contributed by atoms with van der Waals surface area (Å²) in [7, 11) is 1.49. The highest BCUT2D eigenvalue weighted by Gasteiger charge is 2.25. The molecule has 1 saturated heterocycles. The third-order valence-electron chi connectivity index (χ3n) is 4.33. The van der Waals surface area contributed by atoms with Crippen LogP contribution in [-0.4, -0.2) is 56.2 Å². The molecule has 0 saturated carbocycles. The molecule has 1 fully saturated rings. The maximum atomic E-state index is 12.6. The van der Waals surface area contributed by atoms with Crippen LogP contribution in [0.1, 0.15) is 36.5 Å². The van der Waals surface area contributed by atoms with Crippen molar-refractivity contribution in [3.63, 3.8) is 0 Å². The number of benzene rings is 1. The minimum absolute atomic E-state index is 0.0473. The van der Waals surface area contributed by atoms with Gasteiger partial charge in [0.2, 0.25) is 0 Å². The summed E-state index contributed by atoms with van der Waals surface area (Å²) in [6, 6.07) is 3.12. The van der Waals surface area contributed by atoms with Gasteiger partial charge in [-0.3, -0.25) is 9.59 Å². The quantitative estimate of drug-likeness (QED) is 0.527. The van der Waals surface area contributed by atoms with Crippen LogP contribution in [0.15, 0.2) is 12.1 Å². The Morgan fingerprint density at radius 3 is 2.88 bits per heavy atom. The first kappa shape index (κ1) is 20.3. The number of nitrogens with two attached hydrogens (primary N) is 1. The van der Waals surface area contributed by atoms with Gasteiger partial charge in [-0.15, -0.1) is 0 Å². The molecular weight excluding hydrogens is 358 g/mol. The lowest BCUT2D eigenvalue weighted by Crippen LogP contribution is -2.37. The highest BCUT2D eigenvalue weighted by atomic mass is 35.5. The summed E-state index contributed by atoms with van der Waals surface area (Å²) in [5.74, 6) is -0.000290. The number of methoxy groups -OCH3 is 1. The zero-order valence-electron chi connectivity index (χ0n) is 15.2. The van der Waals surface area contributed by atoms with Gasteiger partial charge in [-0.1, -0.05) is 11.6 Å². The van der Waals surface area contributed by atoms with Gasteiger partial charge < -0.3 is 25.4 Å². The summed E-state index contributed by atoms with van der Waals surface area (Å²) < 4.78 is 10.2. The van der Waals surface area contributed by atoms with Crippen molar-refractivity contribution in [2.45, 2.75) is 32.2 Å². The van der Waals surface area contributed by atoms with Crippen LogP contribution in [0.2, 0.25) is 5.02 Å². The molecule has 1 heterocycles. The largest absolute Gasteiger partial charge is 0.496 e. The number of anilines is 1. The Hall–Kier alpha value is -1.99. The molecule has 144 valence electrons. The molecule has 0 aromatic heterocycles. The van der Waals surface area contributed by atoms with Gasteiger partial charge in [0, 0.05) is 31.6 Å². The van der Waals surface area contributed by atoms with E-state index in [2.05, 4.69) is 10.2 Å². The van der Waals surface area contributed by atoms with Crippen molar-refractivity contribution in [3.8, 4) is 5.75 Å². The second-order valence-electron chi connectivity index (χ2n) is 6.24. The summed E-state index contributed by atoms with van der Waals surface area (Å²) in [5.41, 5.74) is 6.49. The van der Waals surface area contributed by atoms with Gasteiger partial charge in [-0.2, -0.15) is 0 Å². The van der Waals surface area contributed by atoms with Gasteiger partial charge in [0.05, 0.1) is 30.0 Å². The first-order valence-electron chi connectivity index (χ1n) is 8.76. The van der Waals surface area contributed by atoms with E-state index in [1.807, 2.05) is 0 Å². The summed E-state index contributed by atoms with van der Waals surface area (Å²) in [6.45, 7) is 4.65. The third kappa shape index (κ3) is 5.51. The lowest BCUT2D eigenvalue weighted by molar-refractivity contribution is -0.143. The first-order valence-corrected chi connectivity index (χ1v) is 9.14. The van der Waals surface area contributed by atoms with E-state index in [0.29, 0.717) is 35.1 Å². The minimum Gasteiger partial charge on any atom is -0.496 e. The summed E-state index contributed by atoms with van der Waals surface area (Å²) >= 11 is 6.03. The lowest BCUT2D eigenvalue weighted by atomic mass is 10.1. The van der Waals surface area contributed by atoms with Crippen molar-refractivity contribution in [1.29, 1.82) is 0 Å². The molecule has 1 aromatic rings. The Balaban J connectivity index is 1.84. The third-order valence-corrected chi connectivity index (χ3v) is 4.66. The van der Waals surface area contributed by atoms with Crippen molar-refractivity contribution < 1.29 is 19.1 Å². The van der Waals surface area contributed by atoms with Gasteiger partial charge in [0.15, 0.2) is 0 Å². The van der Waals surface area contributed by atoms with Gasteiger partial charge in [0.25, 0.3) is 5.91 Å². The second kappa shape index (κ2) is 9.64. The minimum atomic E-state index is -0.234. The van der Waals surface area contributed by atoms with E-state index in [4.69, 9.17) is 26.8 Å². The maximum absolute atomic E-state index is 12.6. The van der Waals surface area contributed by atoms with Gasteiger partial charge in [-0.05, 0) is 32.4 Å². The fraction of sp³-hybridized carbons (Fsp3) is 0.556. The normalized spacial score (nSPS) is 17.1. The predicted molar refractivity (Wildman–Crippen MR) is 101 cm³/mol. The van der Waals surface area contributed by atoms with Crippen LogP contribution in [0.25, 0.3) is 0 Å². The summed E-state index contributed by atoms with van der Waals surface area (Å²) in [6.07, 6.45) is 2.03. The van der Waals surface area contributed by atoms with Crippen molar-refractivity contribution in [2.75, 3.05) is 39.1 Å². The predicted octanol–water partition coefficient (Wildman–Crippen LogP) is 2.08. The van der Waals surface area contributed by atoms with Gasteiger partial charge >= 0.3 is 5.97 Å². The van der Waals surface area contributed by atoms with Crippen molar-refractivity contribution >= 4 is 29.2 Å². The average molecular weight is 384 g/mol. The Bertz CT molecular complexity index is 654. The molecule has 26 heavy (non-hydrogen) atoms. The molecule has 0 bridgehead atoms. The number of carbonyl (C=O) groups excluding carboxylic acids is 2. The number of nitrogens with zero attached hydrogens (tertiary/aromatic N) is 1. The molecule has 3 N–H and O–H groups in total. The topological polar surface area (TPSA) is 93.9 Å². The Labute approximate surface area is 158 Å². The number of ether oxygens (including phenoxy) is 2. The molecule has 0 aliphatic carbocycles. The molecule has 0 radical (unpaired) electrons. The molecule has 8 heteroatoms. The number of nitrogens with one attached hydrogen (secondary N) is 1. The van der Waals surface area contributed by atoms with Crippen molar-refractivity contribution in [2.24, 2.45) is 0 Å². The fourth-order valence-corrected chi connectivity index (χ4v) is 3.18. The highest BCUT2D eigenvalue weighted by molar-refractivity contribution is 6.33. The maximum Gasteiger partial charge on any atom is 0.305 e. The standard InChI is InChI=1S/C18H26ClN3O4/c1-3-26-17(23)5-4-7-22-8-6-12(11-22)21-18(24)13-9-14(19)15(20)10-16(13)25-2/h9-10,12H,3-8,11,20H2,1-2H3,(H,21,24). The van der Waals surface area contributed by atoms with E-state index < -0.39 is 0 Å². The smallest absolute Gasteiger partial charge is 0.305 e. The number of likely N-dealkylation sites (tertiary alicyclic amines) is 1. The van der Waals surface area contributed by atoms with Crippen LogP contribution in [-0.2, 0) is 9.53 Å². The second-order valence-corrected chi connectivity index (χ2v) is 6.65. The van der Waals surface area contributed by atoms with Crippen LogP contribution >= 0.6 is 11.6 Å². The van der Waals surface area contributed by atoms with E-state index in [1.165, 1.54) is 13.2 Å². The number of rotatable bonds is 8. The van der Waals surface area contributed by atoms with Crippen LogP contribution in [0.4, 0.5) is 5.69 Å². The molecular formula is C18H26ClN3O4. The van der Waals surface area contributed by atoms with Gasteiger partial charge in [0.1, 0.15) is 5.75 Å². The molecule has 1 amide bonds. The number of hydrogen-bond acceptors (Lipinski definition) is 6. The van der Waals surface area contributed by atoms with E-state index in [-0.39, 0.29) is 17.9 Å². The number of esters is 1. The van der Waals surface area contributed by atoms with E-state index in [9.17, 15) is 9.59 Å². The Morgan fingerprint density at radius 2 is 2.19 bits per heavy atom. The molecule has 1 aliphatic rings. The fourth-order valence-electron chi connectivity index (χ4n) is 3.01. The molecule has 1 unspecified atom stereocenters. The van der Waals surface area contributed by atoms with Crippen LogP contribution in [0, 0.1) is 0 Å². The van der Waals surface area contributed by atoms with E-state index in [1.54, 1.807) is 13.0 Å². The number of hydrogen-bond donors (Lipinski definition) is 2. The summed E-state index contributed by atoms with van der Waals surface area (Å²) in [4.78, 5) is 26.2. The Kier molecular flexibility index (Phi) is 7.53. The molecule has 1 aromatic carbocycles. The van der Waals surface area contributed by atoms with Crippen LogP contribution in [0.3, 0.4) is 0 Å². The zero-order chi connectivity index (χ0) is 19.1. The monoisotopic (exact) mass is 383 g/mol. The van der Waals surface area contributed by atoms with Crippen LogP contribution in [0.5, 0.6) is 5.75 Å². The SMILES string of the molecule is CCOC(=O)CCCN1CCC(NC(=O)c2cc(Cl)c(N)cc2OC)C1. The highest BCUT2D eigenvalue weighted by Crippen LogP contribution is 2.29. The number of halogens is 1. The van der Waals surface area contributed by atoms with Crippen molar-refractivity contribution in [3.05, 3.63) is 22.7 Å². The molecule has 0 spiro atoms. The number of nitrogen functional groups attached to an aromatic ring is 1. The lowest BCUT2D eigenvalue weighted by Gasteiger charge is -2.17. The average Bonchev–Trinajstić information content (AvgIpc) is 3.04. The van der Waals surface area contributed by atoms with Crippen molar-refractivity contribution in [1.82, 2.24) is 10.2 Å². The van der Waals surface area contributed by atoms with Gasteiger partial charge in [-0.25, -0.2) is 0 Å². The molecule has 7 nitrogen and oxygen atoms in total. The zero-order valence-corrected chi connectivity index (χ0v) is 16.0. The Morgan fingerprint density at radius 1 is 1.42 bits per heavy atom. The molecule has 2 rings (SSSR count). The number of amides is 1. The number of carbonyl (C=O) groups is 2.